The first-order chi connectivity index (χ1) is 11.1. The van der Waals surface area contributed by atoms with E-state index in [4.69, 9.17) is 11.6 Å². The number of benzene rings is 1. The number of hydrogen-bond donors (Lipinski definition) is 1. The highest BCUT2D eigenvalue weighted by molar-refractivity contribution is 6.31. The van der Waals surface area contributed by atoms with E-state index < -0.39 is 6.04 Å². The molecule has 0 spiro atoms. The molecule has 23 heavy (non-hydrogen) atoms. The molecule has 3 rings (SSSR count). The highest BCUT2D eigenvalue weighted by Gasteiger charge is 2.35. The Bertz CT molecular complexity index is 763. The summed E-state index contributed by atoms with van der Waals surface area (Å²) < 4.78 is 0. The molecule has 2 heterocycles. The summed E-state index contributed by atoms with van der Waals surface area (Å²) in [6, 6.07) is 8.13. The Labute approximate surface area is 139 Å². The predicted octanol–water partition coefficient (Wildman–Crippen LogP) is 2.36. The lowest BCUT2D eigenvalue weighted by Crippen LogP contribution is -2.52. The fourth-order valence-corrected chi connectivity index (χ4v) is 2.97. The molecule has 1 aliphatic rings. The second kappa shape index (κ2) is 6.38. The topological polar surface area (TPSA) is 62.3 Å². The molecule has 0 saturated carbocycles. The largest absolute Gasteiger partial charge is 0.352 e. The van der Waals surface area contributed by atoms with E-state index in [-0.39, 0.29) is 11.8 Å². The number of nitrogens with one attached hydrogen (secondary N) is 1. The first-order valence-corrected chi connectivity index (χ1v) is 7.70. The number of hydrogen-bond acceptors (Lipinski definition) is 3. The molecular formula is C17H16ClN3O2. The van der Waals surface area contributed by atoms with Crippen LogP contribution in [0.3, 0.4) is 0 Å². The fraction of sp³-hybridized carbons (Fsp3) is 0.235. The number of piperazine rings is 1. The lowest BCUT2D eigenvalue weighted by atomic mass is 10.0. The number of nitrogens with zero attached hydrogens (tertiary/aromatic N) is 2. The van der Waals surface area contributed by atoms with Gasteiger partial charge in [-0.25, -0.2) is 0 Å². The standard InChI is InChI=1S/C17H16ClN3O2/c1-11-8-12(10-19-9-11)17(23)21-7-6-20-16(22)15(21)13-4-2-3-5-14(13)18/h2-5,8-10,15H,6-7H2,1H3,(H,20,22)/t15-/m1/s1. The van der Waals surface area contributed by atoms with E-state index >= 15 is 0 Å². The molecule has 1 saturated heterocycles. The van der Waals surface area contributed by atoms with Crippen LogP contribution in [-0.4, -0.2) is 34.8 Å². The van der Waals surface area contributed by atoms with E-state index in [1.54, 1.807) is 41.4 Å². The van der Waals surface area contributed by atoms with Gasteiger partial charge in [-0.1, -0.05) is 29.8 Å². The summed E-state index contributed by atoms with van der Waals surface area (Å²) in [5, 5.41) is 3.27. The van der Waals surface area contributed by atoms with Crippen molar-refractivity contribution in [3.05, 3.63) is 64.4 Å². The number of carbonyl (C=O) groups excluding carboxylic acids is 2. The van der Waals surface area contributed by atoms with Crippen molar-refractivity contribution in [1.29, 1.82) is 0 Å². The van der Waals surface area contributed by atoms with Crippen LogP contribution in [0.5, 0.6) is 0 Å². The Kier molecular flexibility index (Phi) is 4.30. The van der Waals surface area contributed by atoms with Gasteiger partial charge in [0.25, 0.3) is 5.91 Å². The van der Waals surface area contributed by atoms with Crippen molar-refractivity contribution in [2.75, 3.05) is 13.1 Å². The first kappa shape index (κ1) is 15.5. The van der Waals surface area contributed by atoms with Gasteiger partial charge >= 0.3 is 0 Å². The summed E-state index contributed by atoms with van der Waals surface area (Å²) in [7, 11) is 0. The average Bonchev–Trinajstić information content (AvgIpc) is 2.55. The van der Waals surface area contributed by atoms with Crippen LogP contribution >= 0.6 is 11.6 Å². The van der Waals surface area contributed by atoms with Crippen LogP contribution in [0, 0.1) is 6.92 Å². The molecule has 0 unspecified atom stereocenters. The summed E-state index contributed by atoms with van der Waals surface area (Å²) in [6.07, 6.45) is 3.21. The highest BCUT2D eigenvalue weighted by atomic mass is 35.5. The Hall–Kier alpha value is -2.40. The van der Waals surface area contributed by atoms with Crippen molar-refractivity contribution in [3.8, 4) is 0 Å². The molecule has 1 aliphatic heterocycles. The molecule has 2 aromatic rings. The zero-order valence-electron chi connectivity index (χ0n) is 12.6. The van der Waals surface area contributed by atoms with Gasteiger partial charge < -0.3 is 10.2 Å². The number of carbonyl (C=O) groups is 2. The summed E-state index contributed by atoms with van der Waals surface area (Å²) >= 11 is 6.23. The average molecular weight is 330 g/mol. The van der Waals surface area contributed by atoms with E-state index in [0.29, 0.717) is 29.2 Å². The maximum Gasteiger partial charge on any atom is 0.256 e. The van der Waals surface area contributed by atoms with Crippen molar-refractivity contribution in [2.24, 2.45) is 0 Å². The van der Waals surface area contributed by atoms with E-state index in [1.807, 2.05) is 6.92 Å². The molecule has 0 aliphatic carbocycles. The molecule has 0 radical (unpaired) electrons. The Morgan fingerprint density at radius 2 is 2.13 bits per heavy atom. The van der Waals surface area contributed by atoms with Crippen LogP contribution in [0.15, 0.2) is 42.7 Å². The molecule has 5 nitrogen and oxygen atoms in total. The van der Waals surface area contributed by atoms with Gasteiger partial charge in [-0.2, -0.15) is 0 Å². The van der Waals surface area contributed by atoms with Gasteiger partial charge in [0.05, 0.1) is 5.56 Å². The van der Waals surface area contributed by atoms with Crippen molar-refractivity contribution < 1.29 is 9.59 Å². The monoisotopic (exact) mass is 329 g/mol. The van der Waals surface area contributed by atoms with E-state index in [9.17, 15) is 9.59 Å². The summed E-state index contributed by atoms with van der Waals surface area (Å²) in [6.45, 7) is 2.72. The number of amides is 2. The van der Waals surface area contributed by atoms with Gasteiger partial charge in [-0.05, 0) is 24.6 Å². The summed E-state index contributed by atoms with van der Waals surface area (Å²) in [4.78, 5) is 30.8. The van der Waals surface area contributed by atoms with E-state index in [1.165, 1.54) is 6.20 Å². The number of aromatic nitrogens is 1. The molecular weight excluding hydrogens is 314 g/mol. The van der Waals surface area contributed by atoms with Crippen molar-refractivity contribution in [3.63, 3.8) is 0 Å². The second-order valence-electron chi connectivity index (χ2n) is 5.46. The minimum absolute atomic E-state index is 0.221. The third kappa shape index (κ3) is 3.05. The van der Waals surface area contributed by atoms with Crippen LogP contribution in [0.4, 0.5) is 0 Å². The van der Waals surface area contributed by atoms with Gasteiger partial charge in [-0.3, -0.25) is 14.6 Å². The number of halogens is 1. The minimum Gasteiger partial charge on any atom is -0.352 e. The van der Waals surface area contributed by atoms with Crippen LogP contribution in [0.1, 0.15) is 27.5 Å². The smallest absolute Gasteiger partial charge is 0.256 e. The normalized spacial score (nSPS) is 17.7. The number of aryl methyl sites for hydroxylation is 1. The van der Waals surface area contributed by atoms with Gasteiger partial charge in [0.1, 0.15) is 6.04 Å². The number of rotatable bonds is 2. The maximum atomic E-state index is 12.9. The quantitative estimate of drug-likeness (QED) is 0.920. The molecule has 1 fully saturated rings. The van der Waals surface area contributed by atoms with Crippen molar-refractivity contribution in [2.45, 2.75) is 13.0 Å². The van der Waals surface area contributed by atoms with E-state index in [0.717, 1.165) is 5.56 Å². The fourth-order valence-electron chi connectivity index (χ4n) is 2.73. The van der Waals surface area contributed by atoms with Gasteiger partial charge in [0.2, 0.25) is 5.91 Å². The molecule has 0 bridgehead atoms. The van der Waals surface area contributed by atoms with Crippen LogP contribution in [0.25, 0.3) is 0 Å². The Morgan fingerprint density at radius 1 is 1.35 bits per heavy atom. The minimum atomic E-state index is -0.731. The summed E-state index contributed by atoms with van der Waals surface area (Å²) in [5.74, 6) is -0.445. The van der Waals surface area contributed by atoms with Gasteiger partial charge in [0.15, 0.2) is 0 Å². The highest BCUT2D eigenvalue weighted by Crippen LogP contribution is 2.30. The lowest BCUT2D eigenvalue weighted by Gasteiger charge is -2.35. The molecule has 118 valence electrons. The summed E-state index contributed by atoms with van der Waals surface area (Å²) in [5.41, 5.74) is 1.99. The zero-order valence-corrected chi connectivity index (χ0v) is 13.4. The number of pyridine rings is 1. The van der Waals surface area contributed by atoms with Crippen molar-refractivity contribution in [1.82, 2.24) is 15.2 Å². The Morgan fingerprint density at radius 3 is 2.87 bits per heavy atom. The Balaban J connectivity index is 2.00. The van der Waals surface area contributed by atoms with Crippen LogP contribution in [-0.2, 0) is 4.79 Å². The molecule has 1 N–H and O–H groups in total. The molecule has 2 amide bonds. The van der Waals surface area contributed by atoms with Crippen molar-refractivity contribution >= 4 is 23.4 Å². The SMILES string of the molecule is Cc1cncc(C(=O)N2CCNC(=O)[C@H]2c2ccccc2Cl)c1. The van der Waals surface area contributed by atoms with Crippen LogP contribution in [0.2, 0.25) is 5.02 Å². The van der Waals surface area contributed by atoms with E-state index in [2.05, 4.69) is 10.3 Å². The zero-order chi connectivity index (χ0) is 16.4. The molecule has 1 atom stereocenters. The molecule has 1 aromatic carbocycles. The van der Waals surface area contributed by atoms with Crippen LogP contribution < -0.4 is 5.32 Å². The predicted molar refractivity (Wildman–Crippen MR) is 87.2 cm³/mol. The second-order valence-corrected chi connectivity index (χ2v) is 5.87. The maximum absolute atomic E-state index is 12.9. The lowest BCUT2D eigenvalue weighted by molar-refractivity contribution is -0.128. The third-order valence-electron chi connectivity index (χ3n) is 3.79. The molecule has 1 aromatic heterocycles. The first-order valence-electron chi connectivity index (χ1n) is 7.32. The van der Waals surface area contributed by atoms with Gasteiger partial charge in [0, 0.05) is 36.1 Å². The molecule has 6 heteroatoms. The third-order valence-corrected chi connectivity index (χ3v) is 4.14. The van der Waals surface area contributed by atoms with Gasteiger partial charge in [-0.15, -0.1) is 0 Å².